The van der Waals surface area contributed by atoms with Crippen LogP contribution >= 0.6 is 11.8 Å². The van der Waals surface area contributed by atoms with Gasteiger partial charge in [-0.1, -0.05) is 24.2 Å². The molecule has 0 spiro atoms. The van der Waals surface area contributed by atoms with Crippen LogP contribution in [-0.4, -0.2) is 16.0 Å². The fourth-order valence-electron chi connectivity index (χ4n) is 1.64. The van der Waals surface area contributed by atoms with Crippen LogP contribution in [0.1, 0.15) is 25.7 Å². The van der Waals surface area contributed by atoms with Crippen LogP contribution in [0.3, 0.4) is 0 Å². The number of carbonyl (C=O) groups excluding carboxylic acids is 1. The van der Waals surface area contributed by atoms with Crippen LogP contribution in [0.2, 0.25) is 0 Å². The second-order valence-corrected chi connectivity index (χ2v) is 4.71. The number of hydrogen-bond donors (Lipinski definition) is 0. The molecule has 0 bridgehead atoms. The maximum absolute atomic E-state index is 11.6. The van der Waals surface area contributed by atoms with Crippen molar-refractivity contribution in [3.63, 3.8) is 0 Å². The minimum absolute atomic E-state index is 0.152. The molecule has 1 heterocycles. The molecule has 14 heavy (non-hydrogen) atoms. The highest BCUT2D eigenvalue weighted by atomic mass is 32.2. The molecule has 0 N–H and O–H groups in total. The minimum atomic E-state index is 0.152. The van der Waals surface area contributed by atoms with Gasteiger partial charge in [-0.3, -0.25) is 4.79 Å². The van der Waals surface area contributed by atoms with E-state index in [0.717, 1.165) is 24.3 Å². The highest BCUT2D eigenvalue weighted by Crippen LogP contribution is 2.29. The van der Waals surface area contributed by atoms with Crippen molar-refractivity contribution >= 4 is 17.5 Å². The van der Waals surface area contributed by atoms with Crippen molar-refractivity contribution < 1.29 is 4.79 Å². The topological polar surface area (TPSA) is 30.0 Å². The van der Waals surface area contributed by atoms with E-state index < -0.39 is 0 Å². The average Bonchev–Trinajstić information content (AvgIpc) is 2.23. The maximum Gasteiger partial charge on any atom is 0.146 e. The van der Waals surface area contributed by atoms with Gasteiger partial charge in [0.25, 0.3) is 0 Å². The number of ketones is 1. The van der Waals surface area contributed by atoms with Gasteiger partial charge in [0.15, 0.2) is 0 Å². The smallest absolute Gasteiger partial charge is 0.146 e. The molecule has 2 nitrogen and oxygen atoms in total. The summed E-state index contributed by atoms with van der Waals surface area (Å²) in [7, 11) is 0. The zero-order valence-electron chi connectivity index (χ0n) is 7.98. The van der Waals surface area contributed by atoms with Crippen LogP contribution in [0.15, 0.2) is 29.4 Å². The molecule has 1 aromatic heterocycles. The zero-order valence-corrected chi connectivity index (χ0v) is 8.80. The Morgan fingerprint density at radius 3 is 3.00 bits per heavy atom. The third kappa shape index (κ3) is 2.35. The molecule has 1 aliphatic rings. The van der Waals surface area contributed by atoms with E-state index in [-0.39, 0.29) is 5.25 Å². The monoisotopic (exact) mass is 207 g/mol. The second kappa shape index (κ2) is 4.60. The van der Waals surface area contributed by atoms with Gasteiger partial charge in [0.1, 0.15) is 5.78 Å². The van der Waals surface area contributed by atoms with Gasteiger partial charge in [-0.2, -0.15) is 0 Å². The predicted octanol–water partition coefficient (Wildman–Crippen LogP) is 2.69. The second-order valence-electron chi connectivity index (χ2n) is 3.49. The van der Waals surface area contributed by atoms with Gasteiger partial charge in [-0.25, -0.2) is 4.98 Å². The highest BCUT2D eigenvalue weighted by molar-refractivity contribution is 8.00. The van der Waals surface area contributed by atoms with E-state index in [1.54, 1.807) is 18.0 Å². The first-order valence-corrected chi connectivity index (χ1v) is 5.84. The fraction of sp³-hybridized carbons (Fsp3) is 0.455. The maximum atomic E-state index is 11.6. The predicted molar refractivity (Wildman–Crippen MR) is 57.4 cm³/mol. The number of thioether (sulfide) groups is 1. The van der Waals surface area contributed by atoms with Gasteiger partial charge < -0.3 is 0 Å². The highest BCUT2D eigenvalue weighted by Gasteiger charge is 2.23. The summed E-state index contributed by atoms with van der Waals surface area (Å²) in [5.74, 6) is 0.395. The number of Topliss-reactive ketones (excluding diaryl/α,β-unsaturated/α-hetero) is 1. The first kappa shape index (κ1) is 9.71. The summed E-state index contributed by atoms with van der Waals surface area (Å²) in [6, 6.07) is 5.82. The number of pyridine rings is 1. The Bertz CT molecular complexity index is 312. The SMILES string of the molecule is O=C1CCCC[C@@H]1Sc1ccccn1. The summed E-state index contributed by atoms with van der Waals surface area (Å²) in [5, 5.41) is 1.12. The van der Waals surface area contributed by atoms with Crippen molar-refractivity contribution in [3.8, 4) is 0 Å². The van der Waals surface area contributed by atoms with Crippen LogP contribution in [0, 0.1) is 0 Å². The number of rotatable bonds is 2. The van der Waals surface area contributed by atoms with Crippen molar-refractivity contribution in [1.82, 2.24) is 4.98 Å². The first-order chi connectivity index (χ1) is 6.86. The Hall–Kier alpha value is -0.830. The molecule has 1 aliphatic carbocycles. The lowest BCUT2D eigenvalue weighted by molar-refractivity contribution is -0.119. The summed E-state index contributed by atoms with van der Waals surface area (Å²) in [4.78, 5) is 15.8. The number of carbonyl (C=O) groups is 1. The van der Waals surface area contributed by atoms with Crippen LogP contribution in [0.5, 0.6) is 0 Å². The third-order valence-corrected chi connectivity index (χ3v) is 3.67. The molecule has 1 saturated carbocycles. The number of nitrogens with zero attached hydrogens (tertiary/aromatic N) is 1. The standard InChI is InChI=1S/C11H13NOS/c13-9-5-1-2-6-10(9)14-11-7-3-4-8-12-11/h3-4,7-8,10H,1-2,5-6H2/t10-/m0/s1. The molecule has 1 aromatic rings. The van der Waals surface area contributed by atoms with Crippen molar-refractivity contribution in [2.75, 3.05) is 0 Å². The van der Waals surface area contributed by atoms with Crippen molar-refractivity contribution in [1.29, 1.82) is 0 Å². The molecule has 3 heteroatoms. The quantitative estimate of drug-likeness (QED) is 0.746. The molecule has 0 saturated heterocycles. The summed E-state index contributed by atoms with van der Waals surface area (Å²) >= 11 is 1.61. The van der Waals surface area contributed by atoms with E-state index in [1.807, 2.05) is 18.2 Å². The first-order valence-electron chi connectivity index (χ1n) is 4.96. The lowest BCUT2D eigenvalue weighted by Gasteiger charge is -2.19. The van der Waals surface area contributed by atoms with Gasteiger partial charge in [0.05, 0.1) is 10.3 Å². The lowest BCUT2D eigenvalue weighted by Crippen LogP contribution is -2.21. The summed E-state index contributed by atoms with van der Waals surface area (Å²) in [5.41, 5.74) is 0. The molecule has 0 radical (unpaired) electrons. The van der Waals surface area contributed by atoms with E-state index in [1.165, 1.54) is 6.42 Å². The zero-order chi connectivity index (χ0) is 9.80. The van der Waals surface area contributed by atoms with Crippen molar-refractivity contribution in [2.45, 2.75) is 36.0 Å². The van der Waals surface area contributed by atoms with Gasteiger partial charge >= 0.3 is 0 Å². The molecule has 0 unspecified atom stereocenters. The van der Waals surface area contributed by atoms with Crippen LogP contribution < -0.4 is 0 Å². The summed E-state index contributed by atoms with van der Waals surface area (Å²) in [6.07, 6.45) is 5.79. The van der Waals surface area contributed by atoms with E-state index in [9.17, 15) is 4.79 Å². The van der Waals surface area contributed by atoms with Crippen LogP contribution in [0.4, 0.5) is 0 Å². The average molecular weight is 207 g/mol. The van der Waals surface area contributed by atoms with Gasteiger partial charge in [-0.05, 0) is 25.0 Å². The molecule has 2 rings (SSSR count). The molecule has 0 amide bonds. The van der Waals surface area contributed by atoms with E-state index in [2.05, 4.69) is 4.98 Å². The Kier molecular flexibility index (Phi) is 3.19. The molecule has 0 aliphatic heterocycles. The molecule has 1 fully saturated rings. The summed E-state index contributed by atoms with van der Waals surface area (Å²) in [6.45, 7) is 0. The summed E-state index contributed by atoms with van der Waals surface area (Å²) < 4.78 is 0. The normalized spacial score (nSPS) is 22.3. The van der Waals surface area contributed by atoms with Crippen LogP contribution in [-0.2, 0) is 4.79 Å². The van der Waals surface area contributed by atoms with Gasteiger partial charge in [0, 0.05) is 12.6 Å². The largest absolute Gasteiger partial charge is 0.298 e. The Labute approximate surface area is 88.1 Å². The van der Waals surface area contributed by atoms with E-state index >= 15 is 0 Å². The fourth-order valence-corrected chi connectivity index (χ4v) is 2.74. The lowest BCUT2D eigenvalue weighted by atomic mass is 9.99. The minimum Gasteiger partial charge on any atom is -0.298 e. The molecule has 74 valence electrons. The molecule has 0 aromatic carbocycles. The molecule has 1 atom stereocenters. The number of hydrogen-bond acceptors (Lipinski definition) is 3. The van der Waals surface area contributed by atoms with Crippen LogP contribution in [0.25, 0.3) is 0 Å². The van der Waals surface area contributed by atoms with Gasteiger partial charge in [0.2, 0.25) is 0 Å². The Balaban J connectivity index is 2.00. The molecular weight excluding hydrogens is 194 g/mol. The van der Waals surface area contributed by atoms with Gasteiger partial charge in [-0.15, -0.1) is 0 Å². The van der Waals surface area contributed by atoms with Crippen molar-refractivity contribution in [2.24, 2.45) is 0 Å². The molecular formula is C11H13NOS. The Morgan fingerprint density at radius 2 is 2.29 bits per heavy atom. The Morgan fingerprint density at radius 1 is 1.36 bits per heavy atom. The van der Waals surface area contributed by atoms with E-state index in [0.29, 0.717) is 5.78 Å². The van der Waals surface area contributed by atoms with E-state index in [4.69, 9.17) is 0 Å². The van der Waals surface area contributed by atoms with Crippen molar-refractivity contribution in [3.05, 3.63) is 24.4 Å². The number of aromatic nitrogens is 1. The third-order valence-electron chi connectivity index (χ3n) is 2.40.